The topological polar surface area (TPSA) is 85.7 Å². The van der Waals surface area contributed by atoms with Crippen LogP contribution in [-0.4, -0.2) is 20.8 Å². The van der Waals surface area contributed by atoms with Crippen LogP contribution in [0.15, 0.2) is 29.4 Å². The Bertz CT molecular complexity index is 667. The molecule has 2 aromatic rings. The highest BCUT2D eigenvalue weighted by atomic mass is 35.5. The summed E-state index contributed by atoms with van der Waals surface area (Å²) in [4.78, 5) is 0. The number of hydrogen-bond donors (Lipinski definition) is 2. The average Bonchev–Trinajstić information content (AvgIpc) is 2.84. The van der Waals surface area contributed by atoms with Crippen molar-refractivity contribution >= 4 is 17.4 Å². The van der Waals surface area contributed by atoms with Crippen LogP contribution in [0.25, 0.3) is 0 Å². The highest BCUT2D eigenvalue weighted by Crippen LogP contribution is 2.23. The minimum absolute atomic E-state index is 0.0359. The maximum absolute atomic E-state index is 8.66. The molecule has 3 N–H and O–H groups in total. The molecule has 2 rings (SSSR count). The van der Waals surface area contributed by atoms with Gasteiger partial charge in [-0.3, -0.25) is 4.68 Å². The minimum Gasteiger partial charge on any atom is -0.487 e. The molecule has 0 aliphatic carbocycles. The standard InChI is InChI=1S/C14H17ClN4O2/c1-3-19-10(6-9(2)17-19)8-21-11-4-5-12(13(15)7-11)14(16)18-20/h4-7,20H,3,8H2,1-2H3,(H2,16,18). The number of halogens is 1. The fraction of sp³-hybridized carbons (Fsp3) is 0.286. The molecule has 0 amide bonds. The molecule has 0 saturated heterocycles. The van der Waals surface area contributed by atoms with E-state index in [0.29, 0.717) is 22.9 Å². The average molecular weight is 309 g/mol. The van der Waals surface area contributed by atoms with Crippen molar-refractivity contribution in [1.82, 2.24) is 9.78 Å². The summed E-state index contributed by atoms with van der Waals surface area (Å²) in [7, 11) is 0. The van der Waals surface area contributed by atoms with Crippen LogP contribution in [0.5, 0.6) is 5.75 Å². The van der Waals surface area contributed by atoms with Crippen molar-refractivity contribution in [3.8, 4) is 5.75 Å². The number of nitrogens with zero attached hydrogens (tertiary/aromatic N) is 3. The summed E-state index contributed by atoms with van der Waals surface area (Å²) in [6, 6.07) is 6.98. The van der Waals surface area contributed by atoms with Gasteiger partial charge in [0.15, 0.2) is 5.84 Å². The van der Waals surface area contributed by atoms with Crippen LogP contribution in [-0.2, 0) is 13.2 Å². The van der Waals surface area contributed by atoms with Crippen molar-refractivity contribution in [1.29, 1.82) is 0 Å². The first-order chi connectivity index (χ1) is 10.0. The van der Waals surface area contributed by atoms with Crippen molar-refractivity contribution in [2.75, 3.05) is 0 Å². The molecular formula is C14H17ClN4O2. The van der Waals surface area contributed by atoms with Gasteiger partial charge in [0.2, 0.25) is 0 Å². The van der Waals surface area contributed by atoms with Crippen LogP contribution in [0.2, 0.25) is 5.02 Å². The van der Waals surface area contributed by atoms with Crippen LogP contribution < -0.4 is 10.5 Å². The fourth-order valence-electron chi connectivity index (χ4n) is 1.99. The van der Waals surface area contributed by atoms with Crippen molar-refractivity contribution in [3.05, 3.63) is 46.2 Å². The van der Waals surface area contributed by atoms with Gasteiger partial charge in [-0.25, -0.2) is 0 Å². The van der Waals surface area contributed by atoms with E-state index in [4.69, 9.17) is 27.3 Å². The number of hydrogen-bond acceptors (Lipinski definition) is 4. The van der Waals surface area contributed by atoms with Gasteiger partial charge in [0.1, 0.15) is 12.4 Å². The predicted octanol–water partition coefficient (Wildman–Crippen LogP) is 2.54. The molecule has 0 unspecified atom stereocenters. The van der Waals surface area contributed by atoms with Gasteiger partial charge in [0.05, 0.1) is 16.4 Å². The second-order valence-corrected chi connectivity index (χ2v) is 4.92. The number of ether oxygens (including phenoxy) is 1. The van der Waals surface area contributed by atoms with Crippen molar-refractivity contribution in [3.63, 3.8) is 0 Å². The maximum atomic E-state index is 8.66. The third kappa shape index (κ3) is 3.46. The monoisotopic (exact) mass is 308 g/mol. The number of rotatable bonds is 5. The molecular weight excluding hydrogens is 292 g/mol. The van der Waals surface area contributed by atoms with Crippen LogP contribution in [0.4, 0.5) is 0 Å². The molecule has 6 nitrogen and oxygen atoms in total. The Balaban J connectivity index is 2.12. The zero-order chi connectivity index (χ0) is 15.4. The molecule has 112 valence electrons. The summed E-state index contributed by atoms with van der Waals surface area (Å²) in [6.07, 6.45) is 0. The summed E-state index contributed by atoms with van der Waals surface area (Å²) >= 11 is 6.08. The lowest BCUT2D eigenvalue weighted by atomic mass is 10.2. The summed E-state index contributed by atoms with van der Waals surface area (Å²) in [5.41, 5.74) is 7.92. The summed E-state index contributed by atoms with van der Waals surface area (Å²) < 4.78 is 7.60. The Morgan fingerprint density at radius 1 is 1.48 bits per heavy atom. The van der Waals surface area contributed by atoms with E-state index in [1.165, 1.54) is 0 Å². The van der Waals surface area contributed by atoms with E-state index in [1.54, 1.807) is 18.2 Å². The van der Waals surface area contributed by atoms with Gasteiger partial charge in [-0.05, 0) is 38.1 Å². The smallest absolute Gasteiger partial charge is 0.171 e. The molecule has 0 aliphatic rings. The molecule has 1 heterocycles. The van der Waals surface area contributed by atoms with Gasteiger partial charge in [0.25, 0.3) is 0 Å². The zero-order valence-corrected chi connectivity index (χ0v) is 12.6. The molecule has 0 spiro atoms. The summed E-state index contributed by atoms with van der Waals surface area (Å²) in [5.74, 6) is 0.572. The maximum Gasteiger partial charge on any atom is 0.171 e. The Morgan fingerprint density at radius 2 is 2.24 bits per heavy atom. The van der Waals surface area contributed by atoms with E-state index >= 15 is 0 Å². The van der Waals surface area contributed by atoms with Crippen LogP contribution >= 0.6 is 11.6 Å². The van der Waals surface area contributed by atoms with E-state index in [0.717, 1.165) is 17.9 Å². The van der Waals surface area contributed by atoms with E-state index in [9.17, 15) is 0 Å². The van der Waals surface area contributed by atoms with E-state index < -0.39 is 0 Å². The Morgan fingerprint density at radius 3 is 2.86 bits per heavy atom. The molecule has 0 bridgehead atoms. The minimum atomic E-state index is -0.0359. The van der Waals surface area contributed by atoms with Gasteiger partial charge in [0, 0.05) is 12.1 Å². The fourth-order valence-corrected chi connectivity index (χ4v) is 2.26. The summed E-state index contributed by atoms with van der Waals surface area (Å²) in [6.45, 7) is 5.15. The lowest BCUT2D eigenvalue weighted by molar-refractivity contribution is 0.292. The molecule has 0 fully saturated rings. The van der Waals surface area contributed by atoms with Gasteiger partial charge in [-0.1, -0.05) is 16.8 Å². The highest BCUT2D eigenvalue weighted by molar-refractivity contribution is 6.34. The largest absolute Gasteiger partial charge is 0.487 e. The molecule has 0 saturated carbocycles. The van der Waals surface area contributed by atoms with E-state index in [2.05, 4.69) is 10.3 Å². The lowest BCUT2D eigenvalue weighted by Gasteiger charge is -2.09. The molecule has 7 heteroatoms. The molecule has 0 radical (unpaired) electrons. The molecule has 0 atom stereocenters. The first kappa shape index (κ1) is 15.2. The highest BCUT2D eigenvalue weighted by Gasteiger charge is 2.09. The van der Waals surface area contributed by atoms with Crippen molar-refractivity contribution in [2.45, 2.75) is 27.0 Å². The second kappa shape index (κ2) is 6.49. The van der Waals surface area contributed by atoms with Gasteiger partial charge >= 0.3 is 0 Å². The summed E-state index contributed by atoms with van der Waals surface area (Å²) in [5, 5.41) is 16.3. The molecule has 1 aromatic carbocycles. The van der Waals surface area contributed by atoms with Crippen LogP contribution in [0.1, 0.15) is 23.9 Å². The van der Waals surface area contributed by atoms with Gasteiger partial charge < -0.3 is 15.7 Å². The Labute approximate surface area is 127 Å². The first-order valence-electron chi connectivity index (χ1n) is 6.48. The zero-order valence-electron chi connectivity index (χ0n) is 11.9. The number of benzene rings is 1. The number of aryl methyl sites for hydroxylation is 2. The first-order valence-corrected chi connectivity index (χ1v) is 6.86. The Kier molecular flexibility index (Phi) is 4.70. The van der Waals surface area contributed by atoms with Gasteiger partial charge in [-0.2, -0.15) is 5.10 Å². The number of amidine groups is 1. The van der Waals surface area contributed by atoms with E-state index in [-0.39, 0.29) is 5.84 Å². The molecule has 21 heavy (non-hydrogen) atoms. The van der Waals surface area contributed by atoms with Crippen LogP contribution in [0.3, 0.4) is 0 Å². The number of aromatic nitrogens is 2. The van der Waals surface area contributed by atoms with Gasteiger partial charge in [-0.15, -0.1) is 0 Å². The third-order valence-electron chi connectivity index (χ3n) is 3.00. The third-order valence-corrected chi connectivity index (χ3v) is 3.31. The quantitative estimate of drug-likeness (QED) is 0.385. The molecule has 1 aromatic heterocycles. The number of nitrogens with two attached hydrogens (primary N) is 1. The van der Waals surface area contributed by atoms with E-state index in [1.807, 2.05) is 24.6 Å². The SMILES string of the molecule is CCn1nc(C)cc1COc1ccc(/C(N)=N/O)c(Cl)c1. The second-order valence-electron chi connectivity index (χ2n) is 4.51. The van der Waals surface area contributed by atoms with Crippen LogP contribution in [0, 0.1) is 6.92 Å². The van der Waals surface area contributed by atoms with Crippen molar-refractivity contribution < 1.29 is 9.94 Å². The normalized spacial score (nSPS) is 11.7. The number of oxime groups is 1. The Hall–Kier alpha value is -2.21. The lowest BCUT2D eigenvalue weighted by Crippen LogP contribution is -2.13. The predicted molar refractivity (Wildman–Crippen MR) is 80.9 cm³/mol. The van der Waals surface area contributed by atoms with Crippen molar-refractivity contribution in [2.24, 2.45) is 10.9 Å². The molecule has 0 aliphatic heterocycles.